The maximum Gasteiger partial charge on any atom is 0.254 e. The molecule has 1 aromatic carbocycles. The molecule has 0 radical (unpaired) electrons. The fourth-order valence-electron chi connectivity index (χ4n) is 1.81. The number of carbonyl (C=O) groups excluding carboxylic acids is 2. The molecule has 1 rings (SSSR count). The molecule has 0 aliphatic carbocycles. The fraction of sp³-hybridized carbons (Fsp3) is 0.467. The summed E-state index contributed by atoms with van der Waals surface area (Å²) in [7, 11) is 0. The SMILES string of the molecule is CCCNc1c(F)cccc1C(=O)NC(C)C(=O)NCC. The molecular weight excluding hydrogens is 273 g/mol. The normalized spacial score (nSPS) is 11.6. The molecule has 0 bridgehead atoms. The minimum Gasteiger partial charge on any atom is -0.382 e. The van der Waals surface area contributed by atoms with Gasteiger partial charge in [0.05, 0.1) is 11.3 Å². The highest BCUT2D eigenvalue weighted by Gasteiger charge is 2.19. The van der Waals surface area contributed by atoms with Crippen molar-refractivity contribution in [1.82, 2.24) is 10.6 Å². The van der Waals surface area contributed by atoms with Crippen LogP contribution >= 0.6 is 0 Å². The van der Waals surface area contributed by atoms with Crippen LogP contribution in [0.15, 0.2) is 18.2 Å². The number of amides is 2. The largest absolute Gasteiger partial charge is 0.382 e. The zero-order valence-corrected chi connectivity index (χ0v) is 12.6. The summed E-state index contributed by atoms with van der Waals surface area (Å²) in [6.45, 7) is 6.38. The Bertz CT molecular complexity index is 506. The van der Waals surface area contributed by atoms with Gasteiger partial charge < -0.3 is 16.0 Å². The van der Waals surface area contributed by atoms with Crippen molar-refractivity contribution in [2.24, 2.45) is 0 Å². The number of para-hydroxylation sites is 1. The molecular formula is C15H22FN3O2. The molecule has 3 N–H and O–H groups in total. The number of rotatable bonds is 7. The van der Waals surface area contributed by atoms with Crippen LogP contribution in [0.2, 0.25) is 0 Å². The maximum atomic E-state index is 13.8. The van der Waals surface area contributed by atoms with Gasteiger partial charge in [0.2, 0.25) is 5.91 Å². The first-order valence-corrected chi connectivity index (χ1v) is 7.12. The van der Waals surface area contributed by atoms with Crippen LogP contribution in [-0.4, -0.2) is 30.9 Å². The summed E-state index contributed by atoms with van der Waals surface area (Å²) in [5.41, 5.74) is 0.361. The van der Waals surface area contributed by atoms with E-state index in [4.69, 9.17) is 0 Å². The van der Waals surface area contributed by atoms with Crippen molar-refractivity contribution in [3.8, 4) is 0 Å². The number of anilines is 1. The lowest BCUT2D eigenvalue weighted by Crippen LogP contribution is -2.44. The average Bonchev–Trinajstić information content (AvgIpc) is 2.45. The van der Waals surface area contributed by atoms with E-state index in [1.165, 1.54) is 18.2 Å². The van der Waals surface area contributed by atoms with E-state index in [1.54, 1.807) is 13.8 Å². The van der Waals surface area contributed by atoms with E-state index in [2.05, 4.69) is 16.0 Å². The minimum atomic E-state index is -0.681. The zero-order valence-electron chi connectivity index (χ0n) is 12.6. The van der Waals surface area contributed by atoms with E-state index < -0.39 is 17.8 Å². The Labute approximate surface area is 124 Å². The second-order valence-electron chi connectivity index (χ2n) is 4.68. The van der Waals surface area contributed by atoms with Gasteiger partial charge in [-0.1, -0.05) is 13.0 Å². The molecule has 0 saturated heterocycles. The van der Waals surface area contributed by atoms with Crippen LogP contribution in [0.5, 0.6) is 0 Å². The number of halogens is 1. The summed E-state index contributed by atoms with van der Waals surface area (Å²) in [4.78, 5) is 23.8. The Balaban J connectivity index is 2.86. The molecule has 1 atom stereocenters. The smallest absolute Gasteiger partial charge is 0.254 e. The van der Waals surface area contributed by atoms with Crippen molar-refractivity contribution in [3.63, 3.8) is 0 Å². The van der Waals surface area contributed by atoms with Gasteiger partial charge in [0.15, 0.2) is 0 Å². The van der Waals surface area contributed by atoms with Gasteiger partial charge in [-0.15, -0.1) is 0 Å². The second kappa shape index (κ2) is 8.24. The zero-order chi connectivity index (χ0) is 15.8. The molecule has 0 aliphatic heterocycles. The fourth-order valence-corrected chi connectivity index (χ4v) is 1.81. The molecule has 0 aliphatic rings. The Hall–Kier alpha value is -2.11. The Kier molecular flexibility index (Phi) is 6.65. The number of hydrogen-bond donors (Lipinski definition) is 3. The van der Waals surface area contributed by atoms with Crippen LogP contribution in [0.4, 0.5) is 10.1 Å². The number of carbonyl (C=O) groups is 2. The van der Waals surface area contributed by atoms with Crippen LogP contribution < -0.4 is 16.0 Å². The molecule has 116 valence electrons. The molecule has 0 saturated carbocycles. The lowest BCUT2D eigenvalue weighted by atomic mass is 10.1. The average molecular weight is 295 g/mol. The van der Waals surface area contributed by atoms with Gasteiger partial charge in [0.1, 0.15) is 11.9 Å². The molecule has 6 heteroatoms. The van der Waals surface area contributed by atoms with Crippen molar-refractivity contribution in [2.75, 3.05) is 18.4 Å². The molecule has 0 fully saturated rings. The molecule has 0 spiro atoms. The number of benzene rings is 1. The number of hydrogen-bond acceptors (Lipinski definition) is 3. The molecule has 2 amide bonds. The monoisotopic (exact) mass is 295 g/mol. The van der Waals surface area contributed by atoms with Crippen molar-refractivity contribution >= 4 is 17.5 Å². The highest BCUT2D eigenvalue weighted by atomic mass is 19.1. The Morgan fingerprint density at radius 2 is 2.00 bits per heavy atom. The standard InChI is InChI=1S/C15H22FN3O2/c1-4-9-18-13-11(7-6-8-12(13)16)15(21)19-10(3)14(20)17-5-2/h6-8,10,18H,4-5,9H2,1-3H3,(H,17,20)(H,19,21). The quantitative estimate of drug-likeness (QED) is 0.719. The second-order valence-corrected chi connectivity index (χ2v) is 4.68. The molecule has 1 unspecified atom stereocenters. The van der Waals surface area contributed by atoms with E-state index >= 15 is 0 Å². The first kappa shape index (κ1) is 16.9. The molecule has 0 heterocycles. The topological polar surface area (TPSA) is 70.2 Å². The summed E-state index contributed by atoms with van der Waals surface area (Å²) in [5.74, 6) is -1.24. The Morgan fingerprint density at radius 1 is 1.29 bits per heavy atom. The van der Waals surface area contributed by atoms with E-state index in [-0.39, 0.29) is 17.2 Å². The third-order valence-corrected chi connectivity index (χ3v) is 2.90. The van der Waals surface area contributed by atoms with Gasteiger partial charge in [0, 0.05) is 13.1 Å². The van der Waals surface area contributed by atoms with Gasteiger partial charge in [0.25, 0.3) is 5.91 Å². The predicted octanol–water partition coefficient (Wildman–Crippen LogP) is 1.90. The van der Waals surface area contributed by atoms with Crippen molar-refractivity contribution in [1.29, 1.82) is 0 Å². The molecule has 0 aromatic heterocycles. The van der Waals surface area contributed by atoms with Crippen LogP contribution in [0, 0.1) is 5.82 Å². The molecule has 1 aromatic rings. The minimum absolute atomic E-state index is 0.167. The first-order valence-electron chi connectivity index (χ1n) is 7.12. The van der Waals surface area contributed by atoms with E-state index in [9.17, 15) is 14.0 Å². The summed E-state index contributed by atoms with van der Waals surface area (Å²) < 4.78 is 13.8. The van der Waals surface area contributed by atoms with Crippen molar-refractivity contribution in [2.45, 2.75) is 33.2 Å². The summed E-state index contributed by atoms with van der Waals surface area (Å²) >= 11 is 0. The third-order valence-electron chi connectivity index (χ3n) is 2.90. The van der Waals surface area contributed by atoms with Crippen LogP contribution in [-0.2, 0) is 4.79 Å². The van der Waals surface area contributed by atoms with Gasteiger partial charge in [-0.3, -0.25) is 9.59 Å². The lowest BCUT2D eigenvalue weighted by Gasteiger charge is -2.16. The van der Waals surface area contributed by atoms with Gasteiger partial charge in [-0.25, -0.2) is 4.39 Å². The molecule has 5 nitrogen and oxygen atoms in total. The third kappa shape index (κ3) is 4.73. The van der Waals surface area contributed by atoms with Crippen molar-refractivity contribution < 1.29 is 14.0 Å². The van der Waals surface area contributed by atoms with Crippen molar-refractivity contribution in [3.05, 3.63) is 29.6 Å². The van der Waals surface area contributed by atoms with Gasteiger partial charge in [-0.05, 0) is 32.4 Å². The van der Waals surface area contributed by atoms with Crippen LogP contribution in [0.25, 0.3) is 0 Å². The summed E-state index contributed by atoms with van der Waals surface area (Å²) in [6, 6.07) is 3.61. The predicted molar refractivity (Wildman–Crippen MR) is 80.8 cm³/mol. The summed E-state index contributed by atoms with van der Waals surface area (Å²) in [5, 5.41) is 8.09. The summed E-state index contributed by atoms with van der Waals surface area (Å²) in [6.07, 6.45) is 0.810. The highest BCUT2D eigenvalue weighted by Crippen LogP contribution is 2.20. The van der Waals surface area contributed by atoms with Gasteiger partial charge in [-0.2, -0.15) is 0 Å². The van der Waals surface area contributed by atoms with Crippen LogP contribution in [0.3, 0.4) is 0 Å². The number of likely N-dealkylation sites (N-methyl/N-ethyl adjacent to an activating group) is 1. The first-order chi connectivity index (χ1) is 10.0. The maximum absolute atomic E-state index is 13.8. The highest BCUT2D eigenvalue weighted by molar-refractivity contribution is 6.01. The lowest BCUT2D eigenvalue weighted by molar-refractivity contribution is -0.122. The van der Waals surface area contributed by atoms with Gasteiger partial charge >= 0.3 is 0 Å². The van der Waals surface area contributed by atoms with Crippen LogP contribution in [0.1, 0.15) is 37.6 Å². The Morgan fingerprint density at radius 3 is 2.62 bits per heavy atom. The molecule has 21 heavy (non-hydrogen) atoms. The van der Waals surface area contributed by atoms with E-state index in [1.807, 2.05) is 6.92 Å². The van der Waals surface area contributed by atoms with E-state index in [0.29, 0.717) is 13.1 Å². The van der Waals surface area contributed by atoms with E-state index in [0.717, 1.165) is 6.42 Å². The number of nitrogens with one attached hydrogen (secondary N) is 3.